The fraction of sp³-hybridized carbons (Fsp3) is 0.182. The minimum absolute atomic E-state index is 0.291. The van der Waals surface area contributed by atoms with E-state index in [1.165, 1.54) is 5.01 Å². The van der Waals surface area contributed by atoms with Crippen molar-refractivity contribution in [3.63, 3.8) is 0 Å². The zero-order valence-electron chi connectivity index (χ0n) is 17.0. The Morgan fingerprint density at radius 3 is 2.68 bits per heavy atom. The number of benzene rings is 2. The number of methoxy groups -OCH3 is 1. The highest BCUT2D eigenvalue weighted by Crippen LogP contribution is 2.35. The van der Waals surface area contributed by atoms with Gasteiger partial charge in [0, 0.05) is 17.7 Å². The molecule has 8 nitrogen and oxygen atoms in total. The molecule has 1 N–H and O–H groups in total. The molecule has 0 saturated carbocycles. The van der Waals surface area contributed by atoms with Crippen LogP contribution in [0, 0.1) is 0 Å². The van der Waals surface area contributed by atoms with Gasteiger partial charge in [-0.3, -0.25) is 9.52 Å². The molecule has 0 fully saturated rings. The summed E-state index contributed by atoms with van der Waals surface area (Å²) in [4.78, 5) is 13.3. The van der Waals surface area contributed by atoms with Crippen LogP contribution in [0.5, 0.6) is 5.75 Å². The number of carbonyl (C=O) groups excluding carboxylic acids is 1. The molecule has 1 aliphatic rings. The average molecular weight is 439 g/mol. The summed E-state index contributed by atoms with van der Waals surface area (Å²) < 4.78 is 36.4. The van der Waals surface area contributed by atoms with Crippen LogP contribution in [0.1, 0.15) is 34.1 Å². The zero-order valence-corrected chi connectivity index (χ0v) is 17.8. The van der Waals surface area contributed by atoms with E-state index in [0.29, 0.717) is 40.5 Å². The molecule has 0 spiro atoms. The lowest BCUT2D eigenvalue weighted by atomic mass is 10.0. The molecule has 4 rings (SSSR count). The van der Waals surface area contributed by atoms with Gasteiger partial charge in [0.25, 0.3) is 5.91 Å². The first-order chi connectivity index (χ1) is 14.8. The SMILES string of the molecule is COc1cccc(C(=O)N2N=C(c3cccc(NS(C)(=O)=O)c3)C[C@@H]2c2ccco2)c1. The lowest BCUT2D eigenvalue weighted by Gasteiger charge is -2.20. The van der Waals surface area contributed by atoms with E-state index in [9.17, 15) is 13.2 Å². The van der Waals surface area contributed by atoms with Crippen LogP contribution < -0.4 is 9.46 Å². The molecule has 3 aromatic rings. The van der Waals surface area contributed by atoms with Crippen LogP contribution >= 0.6 is 0 Å². The predicted molar refractivity (Wildman–Crippen MR) is 117 cm³/mol. The molecule has 1 aliphatic heterocycles. The Kier molecular flexibility index (Phi) is 5.51. The van der Waals surface area contributed by atoms with Crippen LogP contribution in [0.25, 0.3) is 0 Å². The normalized spacial score (nSPS) is 16.1. The maximum atomic E-state index is 13.3. The van der Waals surface area contributed by atoms with Gasteiger partial charge in [0.1, 0.15) is 17.6 Å². The number of amides is 1. The molecule has 1 amide bonds. The smallest absolute Gasteiger partial charge is 0.274 e. The second-order valence-corrected chi connectivity index (χ2v) is 8.87. The number of sulfonamides is 1. The summed E-state index contributed by atoms with van der Waals surface area (Å²) >= 11 is 0. The number of hydrogen-bond donors (Lipinski definition) is 1. The van der Waals surface area contributed by atoms with Crippen molar-refractivity contribution in [1.82, 2.24) is 5.01 Å². The average Bonchev–Trinajstić information content (AvgIpc) is 3.42. The van der Waals surface area contributed by atoms with Crippen molar-refractivity contribution >= 4 is 27.3 Å². The largest absolute Gasteiger partial charge is 0.497 e. The number of rotatable bonds is 6. The molecule has 2 heterocycles. The molecule has 1 atom stereocenters. The van der Waals surface area contributed by atoms with E-state index in [0.717, 1.165) is 6.26 Å². The minimum atomic E-state index is -3.41. The summed E-state index contributed by atoms with van der Waals surface area (Å²) in [5.74, 6) is 0.893. The lowest BCUT2D eigenvalue weighted by molar-refractivity contribution is 0.0692. The third kappa shape index (κ3) is 4.61. The number of nitrogens with one attached hydrogen (secondary N) is 1. The van der Waals surface area contributed by atoms with Crippen LogP contribution in [-0.2, 0) is 10.0 Å². The third-order valence-electron chi connectivity index (χ3n) is 4.81. The first-order valence-corrected chi connectivity index (χ1v) is 11.4. The third-order valence-corrected chi connectivity index (χ3v) is 5.41. The van der Waals surface area contributed by atoms with Crippen molar-refractivity contribution in [3.8, 4) is 5.75 Å². The molecule has 0 saturated heterocycles. The second kappa shape index (κ2) is 8.27. The maximum Gasteiger partial charge on any atom is 0.274 e. The maximum absolute atomic E-state index is 13.3. The predicted octanol–water partition coefficient (Wildman–Crippen LogP) is 3.65. The van der Waals surface area contributed by atoms with Crippen molar-refractivity contribution in [2.24, 2.45) is 5.10 Å². The van der Waals surface area contributed by atoms with Crippen LogP contribution in [0.4, 0.5) is 5.69 Å². The van der Waals surface area contributed by atoms with Gasteiger partial charge in [-0.15, -0.1) is 0 Å². The van der Waals surface area contributed by atoms with Gasteiger partial charge in [-0.1, -0.05) is 18.2 Å². The van der Waals surface area contributed by atoms with Crippen molar-refractivity contribution in [2.45, 2.75) is 12.5 Å². The van der Waals surface area contributed by atoms with Gasteiger partial charge in [0.15, 0.2) is 0 Å². The first kappa shape index (κ1) is 20.7. The Morgan fingerprint density at radius 2 is 1.97 bits per heavy atom. The van der Waals surface area contributed by atoms with Crippen LogP contribution in [-0.4, -0.2) is 38.4 Å². The van der Waals surface area contributed by atoms with Gasteiger partial charge in [-0.25, -0.2) is 13.4 Å². The summed E-state index contributed by atoms with van der Waals surface area (Å²) in [6.07, 6.45) is 3.07. The van der Waals surface area contributed by atoms with E-state index in [1.807, 2.05) is 6.07 Å². The van der Waals surface area contributed by atoms with Gasteiger partial charge >= 0.3 is 0 Å². The van der Waals surface area contributed by atoms with Gasteiger partial charge in [-0.05, 0) is 48.0 Å². The number of furan rings is 1. The molecular formula is C22H21N3O5S. The fourth-order valence-electron chi connectivity index (χ4n) is 3.44. The molecule has 0 unspecified atom stereocenters. The molecule has 160 valence electrons. The number of nitrogens with zero attached hydrogens (tertiary/aromatic N) is 2. The highest BCUT2D eigenvalue weighted by molar-refractivity contribution is 7.92. The summed E-state index contributed by atoms with van der Waals surface area (Å²) in [6, 6.07) is 16.9. The standard InChI is InChI=1S/C22H21N3O5S/c1-29-18-9-4-7-16(13-18)22(26)25-20(21-10-5-11-30-21)14-19(23-25)15-6-3-8-17(12-15)24-31(2,27)28/h3-13,20,24H,14H2,1-2H3/t20-/m1/s1. The summed E-state index contributed by atoms with van der Waals surface area (Å²) in [6.45, 7) is 0. The summed E-state index contributed by atoms with van der Waals surface area (Å²) in [5, 5.41) is 5.99. The molecule has 1 aromatic heterocycles. The molecule has 31 heavy (non-hydrogen) atoms. The number of carbonyl (C=O) groups is 1. The van der Waals surface area contributed by atoms with Crippen LogP contribution in [0.3, 0.4) is 0 Å². The Balaban J connectivity index is 1.70. The lowest BCUT2D eigenvalue weighted by Crippen LogP contribution is -2.26. The highest BCUT2D eigenvalue weighted by atomic mass is 32.2. The van der Waals surface area contributed by atoms with E-state index >= 15 is 0 Å². The topological polar surface area (TPSA) is 101 Å². The van der Waals surface area contributed by atoms with Crippen molar-refractivity contribution in [1.29, 1.82) is 0 Å². The first-order valence-electron chi connectivity index (χ1n) is 9.51. The number of hydrogen-bond acceptors (Lipinski definition) is 6. The number of ether oxygens (including phenoxy) is 1. The summed E-state index contributed by atoms with van der Waals surface area (Å²) in [7, 11) is -1.87. The quantitative estimate of drug-likeness (QED) is 0.632. The number of anilines is 1. The van der Waals surface area contributed by atoms with Crippen LogP contribution in [0.15, 0.2) is 76.4 Å². The van der Waals surface area contributed by atoms with Gasteiger partial charge < -0.3 is 9.15 Å². The zero-order chi connectivity index (χ0) is 22.0. The Bertz CT molecular complexity index is 1240. The molecule has 9 heteroatoms. The Labute approximate surface area is 180 Å². The second-order valence-electron chi connectivity index (χ2n) is 7.12. The van der Waals surface area contributed by atoms with E-state index in [2.05, 4.69) is 9.82 Å². The molecular weight excluding hydrogens is 418 g/mol. The van der Waals surface area contributed by atoms with Crippen molar-refractivity contribution in [2.75, 3.05) is 18.1 Å². The molecule has 2 aromatic carbocycles. The summed E-state index contributed by atoms with van der Waals surface area (Å²) in [5.41, 5.74) is 2.23. The molecule has 0 radical (unpaired) electrons. The van der Waals surface area contributed by atoms with Gasteiger partial charge in [-0.2, -0.15) is 5.10 Å². The van der Waals surface area contributed by atoms with Crippen molar-refractivity contribution in [3.05, 3.63) is 83.8 Å². The minimum Gasteiger partial charge on any atom is -0.497 e. The van der Waals surface area contributed by atoms with E-state index in [4.69, 9.17) is 9.15 Å². The molecule has 0 bridgehead atoms. The molecule has 0 aliphatic carbocycles. The van der Waals surface area contributed by atoms with Gasteiger partial charge in [0.2, 0.25) is 10.0 Å². The van der Waals surface area contributed by atoms with Crippen LogP contribution in [0.2, 0.25) is 0 Å². The van der Waals surface area contributed by atoms with E-state index < -0.39 is 16.1 Å². The van der Waals surface area contributed by atoms with E-state index in [1.54, 1.807) is 68.0 Å². The Hall–Kier alpha value is -3.59. The van der Waals surface area contributed by atoms with Crippen molar-refractivity contribution < 1.29 is 22.4 Å². The highest BCUT2D eigenvalue weighted by Gasteiger charge is 2.35. The van der Waals surface area contributed by atoms with E-state index in [-0.39, 0.29) is 5.91 Å². The monoisotopic (exact) mass is 439 g/mol. The Morgan fingerprint density at radius 1 is 1.16 bits per heavy atom. The fourth-order valence-corrected chi connectivity index (χ4v) is 3.99. The number of hydrazone groups is 1. The van der Waals surface area contributed by atoms with Gasteiger partial charge in [0.05, 0.1) is 25.3 Å².